The molecule has 0 aromatic carbocycles. The van der Waals surface area contributed by atoms with Crippen LogP contribution in [-0.2, 0) is 0 Å². The Bertz CT molecular complexity index is 292. The summed E-state index contributed by atoms with van der Waals surface area (Å²) in [5.74, 6) is 0. The zero-order valence-electron chi connectivity index (χ0n) is 11.8. The van der Waals surface area contributed by atoms with Gasteiger partial charge in [-0.3, -0.25) is 9.80 Å². The molecule has 6 heteroatoms. The third-order valence-corrected chi connectivity index (χ3v) is 4.06. The summed E-state index contributed by atoms with van der Waals surface area (Å²) in [6, 6.07) is 0.475. The van der Waals surface area contributed by atoms with Crippen LogP contribution >= 0.6 is 0 Å². The highest BCUT2D eigenvalue weighted by molar-refractivity contribution is 5.74. The van der Waals surface area contributed by atoms with Crippen LogP contribution in [0.4, 0.5) is 4.79 Å². The van der Waals surface area contributed by atoms with Crippen LogP contribution < -0.4 is 10.6 Å². The molecule has 3 aliphatic rings. The molecular formula is C13H26N4O2. The van der Waals surface area contributed by atoms with Crippen LogP contribution in [0.25, 0.3) is 0 Å². The van der Waals surface area contributed by atoms with Crippen LogP contribution in [-0.4, -0.2) is 78.9 Å². The monoisotopic (exact) mass is 270 g/mol. The normalized spacial score (nSPS) is 30.9. The van der Waals surface area contributed by atoms with Crippen LogP contribution in [0, 0.1) is 0 Å². The molecule has 0 aromatic heterocycles. The Morgan fingerprint density at radius 1 is 1.37 bits per heavy atom. The fourth-order valence-corrected chi connectivity index (χ4v) is 2.87. The van der Waals surface area contributed by atoms with Gasteiger partial charge >= 0.3 is 6.03 Å². The van der Waals surface area contributed by atoms with Crippen molar-refractivity contribution in [2.24, 2.45) is 0 Å². The third-order valence-electron chi connectivity index (χ3n) is 4.06. The molecular weight excluding hydrogens is 244 g/mol. The number of urea groups is 1. The van der Waals surface area contributed by atoms with Crippen molar-refractivity contribution >= 4 is 6.03 Å². The Balaban J connectivity index is 1.63. The number of piperazine rings is 3. The van der Waals surface area contributed by atoms with Crippen molar-refractivity contribution in [3.05, 3.63) is 0 Å². The molecule has 0 aliphatic carbocycles. The van der Waals surface area contributed by atoms with E-state index in [1.165, 1.54) is 13.1 Å². The van der Waals surface area contributed by atoms with E-state index in [0.717, 1.165) is 39.0 Å². The lowest BCUT2D eigenvalue weighted by Gasteiger charge is -2.47. The van der Waals surface area contributed by atoms with E-state index >= 15 is 0 Å². The maximum absolute atomic E-state index is 11.7. The van der Waals surface area contributed by atoms with E-state index in [4.69, 9.17) is 5.11 Å². The van der Waals surface area contributed by atoms with E-state index in [0.29, 0.717) is 6.04 Å². The highest BCUT2D eigenvalue weighted by Gasteiger charge is 2.31. The second-order valence-corrected chi connectivity index (χ2v) is 5.61. The number of carbonyl (C=O) groups is 1. The Morgan fingerprint density at radius 2 is 2.11 bits per heavy atom. The summed E-state index contributed by atoms with van der Waals surface area (Å²) in [5.41, 5.74) is 0. The number of carbonyl (C=O) groups excluding carboxylic acids is 1. The standard InChI is InChI=1S/C13H26N4O2/c1-11(3-2-8-18)15-13(19)14-9-12-10-16-4-6-17(12)7-5-16/h11-12,18H,2-10H2,1H3,(H2,14,15,19). The summed E-state index contributed by atoms with van der Waals surface area (Å²) < 4.78 is 0. The van der Waals surface area contributed by atoms with E-state index in [1.54, 1.807) is 0 Å². The minimum atomic E-state index is -0.0944. The van der Waals surface area contributed by atoms with Gasteiger partial charge in [0, 0.05) is 58.0 Å². The molecule has 3 heterocycles. The second kappa shape index (κ2) is 7.07. The van der Waals surface area contributed by atoms with Gasteiger partial charge in [-0.2, -0.15) is 0 Å². The molecule has 0 aromatic rings. The van der Waals surface area contributed by atoms with Crippen molar-refractivity contribution in [3.8, 4) is 0 Å². The van der Waals surface area contributed by atoms with Crippen molar-refractivity contribution in [2.75, 3.05) is 45.9 Å². The SMILES string of the molecule is CC(CCCO)NC(=O)NCC1CN2CCN1CC2. The molecule has 2 amide bonds. The van der Waals surface area contributed by atoms with Gasteiger partial charge in [-0.1, -0.05) is 0 Å². The van der Waals surface area contributed by atoms with Crippen molar-refractivity contribution in [2.45, 2.75) is 31.8 Å². The third kappa shape index (κ3) is 4.33. The molecule has 2 atom stereocenters. The molecule has 0 spiro atoms. The Hall–Kier alpha value is -0.850. The molecule has 3 saturated heterocycles. The lowest BCUT2D eigenvalue weighted by molar-refractivity contribution is 0.0148. The molecule has 2 bridgehead atoms. The van der Waals surface area contributed by atoms with E-state index in [-0.39, 0.29) is 18.7 Å². The quantitative estimate of drug-likeness (QED) is 0.606. The zero-order chi connectivity index (χ0) is 13.7. The number of fused-ring (bicyclic) bond motifs is 3. The average Bonchev–Trinajstić information content (AvgIpc) is 2.44. The highest BCUT2D eigenvalue weighted by Crippen LogP contribution is 2.14. The summed E-state index contributed by atoms with van der Waals surface area (Å²) >= 11 is 0. The van der Waals surface area contributed by atoms with Gasteiger partial charge in [0.2, 0.25) is 0 Å². The average molecular weight is 270 g/mol. The lowest BCUT2D eigenvalue weighted by atomic mass is 10.1. The van der Waals surface area contributed by atoms with Crippen molar-refractivity contribution in [3.63, 3.8) is 0 Å². The second-order valence-electron chi connectivity index (χ2n) is 5.61. The molecule has 3 aliphatic heterocycles. The van der Waals surface area contributed by atoms with Gasteiger partial charge in [0.15, 0.2) is 0 Å². The van der Waals surface area contributed by atoms with Gasteiger partial charge in [-0.25, -0.2) is 4.79 Å². The maximum atomic E-state index is 11.7. The number of amides is 2. The van der Waals surface area contributed by atoms with Gasteiger partial charge < -0.3 is 15.7 Å². The van der Waals surface area contributed by atoms with Crippen LogP contribution in [0.1, 0.15) is 19.8 Å². The molecule has 2 unspecified atom stereocenters. The predicted octanol–water partition coefficient (Wildman–Crippen LogP) is -0.554. The number of hydrogen-bond acceptors (Lipinski definition) is 4. The van der Waals surface area contributed by atoms with E-state index in [1.807, 2.05) is 6.92 Å². The summed E-state index contributed by atoms with van der Waals surface area (Å²) in [6.45, 7) is 8.52. The molecule has 0 saturated carbocycles. The number of nitrogens with zero attached hydrogens (tertiary/aromatic N) is 2. The molecule has 19 heavy (non-hydrogen) atoms. The van der Waals surface area contributed by atoms with Crippen LogP contribution in [0.5, 0.6) is 0 Å². The summed E-state index contributed by atoms with van der Waals surface area (Å²) in [5, 5.41) is 14.6. The maximum Gasteiger partial charge on any atom is 0.315 e. The fraction of sp³-hybridized carbons (Fsp3) is 0.923. The first-order valence-electron chi connectivity index (χ1n) is 7.30. The number of nitrogens with one attached hydrogen (secondary N) is 2. The van der Waals surface area contributed by atoms with Gasteiger partial charge in [-0.05, 0) is 19.8 Å². The topological polar surface area (TPSA) is 67.8 Å². The minimum Gasteiger partial charge on any atom is -0.396 e. The first-order valence-corrected chi connectivity index (χ1v) is 7.30. The number of aliphatic hydroxyl groups excluding tert-OH is 1. The van der Waals surface area contributed by atoms with Crippen molar-refractivity contribution < 1.29 is 9.90 Å². The first kappa shape index (κ1) is 14.6. The van der Waals surface area contributed by atoms with Crippen LogP contribution in [0.15, 0.2) is 0 Å². The molecule has 3 N–H and O–H groups in total. The lowest BCUT2D eigenvalue weighted by Crippen LogP contribution is -2.63. The summed E-state index contributed by atoms with van der Waals surface area (Å²) in [6.07, 6.45) is 1.54. The van der Waals surface area contributed by atoms with Gasteiger partial charge in [0.25, 0.3) is 0 Å². The predicted molar refractivity (Wildman–Crippen MR) is 74.1 cm³/mol. The van der Waals surface area contributed by atoms with Crippen LogP contribution in [0.3, 0.4) is 0 Å². The zero-order valence-corrected chi connectivity index (χ0v) is 11.8. The van der Waals surface area contributed by atoms with Crippen molar-refractivity contribution in [1.29, 1.82) is 0 Å². The van der Waals surface area contributed by atoms with E-state index < -0.39 is 0 Å². The molecule has 3 fully saturated rings. The van der Waals surface area contributed by atoms with Gasteiger partial charge in [0.05, 0.1) is 0 Å². The Morgan fingerprint density at radius 3 is 2.68 bits per heavy atom. The van der Waals surface area contributed by atoms with Crippen molar-refractivity contribution in [1.82, 2.24) is 20.4 Å². The molecule has 110 valence electrons. The summed E-state index contributed by atoms with van der Waals surface area (Å²) in [4.78, 5) is 16.7. The van der Waals surface area contributed by atoms with Crippen LogP contribution in [0.2, 0.25) is 0 Å². The Labute approximate surface area is 115 Å². The molecule has 0 radical (unpaired) electrons. The van der Waals surface area contributed by atoms with E-state index in [9.17, 15) is 4.79 Å². The number of hydrogen-bond donors (Lipinski definition) is 3. The fourth-order valence-electron chi connectivity index (χ4n) is 2.87. The van der Waals surface area contributed by atoms with E-state index in [2.05, 4.69) is 20.4 Å². The molecule has 3 rings (SSSR count). The first-order chi connectivity index (χ1) is 9.19. The highest BCUT2D eigenvalue weighted by atomic mass is 16.3. The van der Waals surface area contributed by atoms with Gasteiger partial charge in [-0.15, -0.1) is 0 Å². The largest absolute Gasteiger partial charge is 0.396 e. The van der Waals surface area contributed by atoms with Gasteiger partial charge in [0.1, 0.15) is 0 Å². The molecule has 6 nitrogen and oxygen atoms in total. The number of rotatable bonds is 6. The smallest absolute Gasteiger partial charge is 0.315 e. The minimum absolute atomic E-state index is 0.0944. The summed E-state index contributed by atoms with van der Waals surface area (Å²) in [7, 11) is 0. The Kier molecular flexibility index (Phi) is 5.42. The number of aliphatic hydroxyl groups is 1.